The molecule has 0 bridgehead atoms. The lowest BCUT2D eigenvalue weighted by Crippen LogP contribution is -2.34. The Hall–Kier alpha value is -1.51. The van der Waals surface area contributed by atoms with Crippen molar-refractivity contribution in [3.8, 4) is 0 Å². The number of nitrogens with one attached hydrogen (secondary N) is 1. The third kappa shape index (κ3) is 3.29. The third-order valence-electron chi connectivity index (χ3n) is 3.49. The van der Waals surface area contributed by atoms with E-state index in [0.29, 0.717) is 17.3 Å². The Morgan fingerprint density at radius 2 is 2.27 bits per heavy atom. The van der Waals surface area contributed by atoms with E-state index in [4.69, 9.17) is 11.6 Å². The number of nitrogens with zero attached hydrogens (tertiary/aromatic N) is 3. The van der Waals surface area contributed by atoms with E-state index >= 15 is 0 Å². The number of hydrogen-bond donors (Lipinski definition) is 1. The van der Waals surface area contributed by atoms with E-state index in [0.717, 1.165) is 19.0 Å². The van der Waals surface area contributed by atoms with E-state index in [9.17, 15) is 12.8 Å². The number of halogens is 2. The highest BCUT2D eigenvalue weighted by molar-refractivity contribution is 7.88. The molecule has 22 heavy (non-hydrogen) atoms. The molecule has 1 aliphatic rings. The molecule has 0 amide bonds. The molecule has 0 aliphatic carbocycles. The quantitative estimate of drug-likeness (QED) is 0.920. The van der Waals surface area contributed by atoms with Gasteiger partial charge in [-0.15, -0.1) is 0 Å². The lowest BCUT2D eigenvalue weighted by Gasteiger charge is -2.23. The van der Waals surface area contributed by atoms with Crippen molar-refractivity contribution >= 4 is 21.6 Å². The molecule has 0 saturated carbocycles. The number of rotatable bonds is 4. The monoisotopic (exact) mass is 344 g/mol. The number of hydrogen-bond acceptors (Lipinski definition) is 4. The van der Waals surface area contributed by atoms with Crippen LogP contribution in [0, 0.1) is 5.82 Å². The van der Waals surface area contributed by atoms with Crippen molar-refractivity contribution in [3.63, 3.8) is 0 Å². The third-order valence-corrected chi connectivity index (χ3v) is 5.06. The molecule has 1 aromatic carbocycles. The second-order valence-corrected chi connectivity index (χ2v) is 7.34. The van der Waals surface area contributed by atoms with E-state index in [1.807, 2.05) is 0 Å². The highest BCUT2D eigenvalue weighted by Crippen LogP contribution is 2.24. The van der Waals surface area contributed by atoms with Gasteiger partial charge >= 0.3 is 0 Å². The molecule has 1 aliphatic heterocycles. The van der Waals surface area contributed by atoms with Crippen molar-refractivity contribution in [1.82, 2.24) is 19.5 Å². The van der Waals surface area contributed by atoms with Gasteiger partial charge in [-0.2, -0.15) is 5.10 Å². The molecule has 1 aromatic heterocycles. The Morgan fingerprint density at radius 1 is 1.45 bits per heavy atom. The number of benzene rings is 1. The fourth-order valence-electron chi connectivity index (χ4n) is 2.52. The molecule has 0 radical (unpaired) electrons. The Kier molecular flexibility index (Phi) is 4.16. The summed E-state index contributed by atoms with van der Waals surface area (Å²) in [4.78, 5) is 4.09. The van der Waals surface area contributed by atoms with Gasteiger partial charge in [-0.25, -0.2) is 27.2 Å². The van der Waals surface area contributed by atoms with Crippen molar-refractivity contribution in [2.24, 2.45) is 0 Å². The molecule has 1 unspecified atom stereocenters. The van der Waals surface area contributed by atoms with Gasteiger partial charge < -0.3 is 0 Å². The molecule has 0 saturated heterocycles. The van der Waals surface area contributed by atoms with Crippen LogP contribution in [0.1, 0.15) is 30.3 Å². The van der Waals surface area contributed by atoms with Crippen LogP contribution in [0.4, 0.5) is 4.39 Å². The predicted octanol–water partition coefficient (Wildman–Crippen LogP) is 2.03. The minimum atomic E-state index is -3.72. The molecule has 3 rings (SSSR count). The Morgan fingerprint density at radius 3 is 3.09 bits per heavy atom. The van der Waals surface area contributed by atoms with Crippen LogP contribution in [0.3, 0.4) is 0 Å². The Balaban J connectivity index is 1.79. The highest BCUT2D eigenvalue weighted by Gasteiger charge is 2.27. The molecule has 118 valence electrons. The number of fused-ring (bicyclic) bond motifs is 1. The summed E-state index contributed by atoms with van der Waals surface area (Å²) in [6.07, 6.45) is 2.84. The van der Waals surface area contributed by atoms with Crippen LogP contribution >= 0.6 is 11.6 Å². The first-order chi connectivity index (χ1) is 10.4. The van der Waals surface area contributed by atoms with E-state index in [1.165, 1.54) is 18.5 Å². The second kappa shape index (κ2) is 5.94. The van der Waals surface area contributed by atoms with Crippen LogP contribution < -0.4 is 4.72 Å². The zero-order chi connectivity index (χ0) is 15.7. The number of sulfonamides is 1. The number of aromatic nitrogens is 3. The minimum absolute atomic E-state index is 0.0391. The molecule has 0 fully saturated rings. The lowest BCUT2D eigenvalue weighted by atomic mass is 10.1. The summed E-state index contributed by atoms with van der Waals surface area (Å²) in [5.74, 6) is -0.479. The maximum absolute atomic E-state index is 13.7. The van der Waals surface area contributed by atoms with Crippen molar-refractivity contribution in [3.05, 3.63) is 46.8 Å². The second-order valence-electron chi connectivity index (χ2n) is 5.15. The average Bonchev–Trinajstić information content (AvgIpc) is 2.92. The van der Waals surface area contributed by atoms with Gasteiger partial charge in [0.15, 0.2) is 0 Å². The van der Waals surface area contributed by atoms with Gasteiger partial charge in [-0.05, 0) is 31.0 Å². The first-order valence-electron chi connectivity index (χ1n) is 6.76. The van der Waals surface area contributed by atoms with Gasteiger partial charge in [0, 0.05) is 17.1 Å². The van der Waals surface area contributed by atoms with E-state index in [2.05, 4.69) is 14.8 Å². The molecule has 6 nitrogen and oxygen atoms in total. The van der Waals surface area contributed by atoms with Crippen molar-refractivity contribution < 1.29 is 12.8 Å². The maximum atomic E-state index is 13.7. The predicted molar refractivity (Wildman–Crippen MR) is 79.2 cm³/mol. The zero-order valence-electron chi connectivity index (χ0n) is 11.5. The normalized spacial score (nSPS) is 18.2. The van der Waals surface area contributed by atoms with E-state index in [1.54, 1.807) is 4.68 Å². The standard InChI is InChI=1S/C13H14ClFN4O2S/c14-10-3-4-11(15)9(6-10)7-22(20,21)18-12-2-1-5-19-13(12)16-8-17-19/h3-4,6,8,12,18H,1-2,5,7H2. The van der Waals surface area contributed by atoms with Crippen LogP contribution in [-0.2, 0) is 22.3 Å². The fourth-order valence-corrected chi connectivity index (χ4v) is 4.08. The van der Waals surface area contributed by atoms with Crippen LogP contribution in [0.25, 0.3) is 0 Å². The Bertz CT molecular complexity index is 793. The van der Waals surface area contributed by atoms with Crippen LogP contribution in [0.2, 0.25) is 5.02 Å². The summed E-state index contributed by atoms with van der Waals surface area (Å²) in [6.45, 7) is 0.719. The summed E-state index contributed by atoms with van der Waals surface area (Å²) in [6, 6.07) is 3.41. The van der Waals surface area contributed by atoms with Crippen molar-refractivity contribution in [2.45, 2.75) is 31.2 Å². The van der Waals surface area contributed by atoms with Gasteiger partial charge in [0.1, 0.15) is 18.0 Å². The van der Waals surface area contributed by atoms with E-state index in [-0.39, 0.29) is 5.56 Å². The fraction of sp³-hybridized carbons (Fsp3) is 0.385. The molecule has 0 spiro atoms. The SMILES string of the molecule is O=S(=O)(Cc1cc(Cl)ccc1F)NC1CCCn2ncnc21. The van der Waals surface area contributed by atoms with Crippen LogP contribution in [-0.4, -0.2) is 23.2 Å². The minimum Gasteiger partial charge on any atom is -0.248 e. The molecule has 1 N–H and O–H groups in total. The highest BCUT2D eigenvalue weighted by atomic mass is 35.5. The first kappa shape index (κ1) is 15.4. The number of aryl methyl sites for hydroxylation is 1. The van der Waals surface area contributed by atoms with Crippen molar-refractivity contribution in [1.29, 1.82) is 0 Å². The van der Waals surface area contributed by atoms with Gasteiger partial charge in [-0.1, -0.05) is 11.6 Å². The van der Waals surface area contributed by atoms with E-state index < -0.39 is 27.6 Å². The molecular formula is C13H14ClFN4O2S. The maximum Gasteiger partial charge on any atom is 0.216 e. The average molecular weight is 345 g/mol. The van der Waals surface area contributed by atoms with Gasteiger partial charge in [0.25, 0.3) is 0 Å². The van der Waals surface area contributed by atoms with Crippen LogP contribution in [0.5, 0.6) is 0 Å². The van der Waals surface area contributed by atoms with Crippen molar-refractivity contribution in [2.75, 3.05) is 0 Å². The lowest BCUT2D eigenvalue weighted by molar-refractivity contribution is 0.399. The van der Waals surface area contributed by atoms with Gasteiger partial charge in [0.05, 0.1) is 11.8 Å². The van der Waals surface area contributed by atoms with Gasteiger partial charge in [-0.3, -0.25) is 0 Å². The summed E-state index contributed by atoms with van der Waals surface area (Å²) >= 11 is 5.79. The summed E-state index contributed by atoms with van der Waals surface area (Å²) in [5.41, 5.74) is 0.0391. The topological polar surface area (TPSA) is 76.9 Å². The van der Waals surface area contributed by atoms with Gasteiger partial charge in [0.2, 0.25) is 10.0 Å². The van der Waals surface area contributed by atoms with Crippen LogP contribution in [0.15, 0.2) is 24.5 Å². The first-order valence-corrected chi connectivity index (χ1v) is 8.79. The smallest absolute Gasteiger partial charge is 0.216 e. The zero-order valence-corrected chi connectivity index (χ0v) is 13.1. The molecular weight excluding hydrogens is 331 g/mol. The largest absolute Gasteiger partial charge is 0.248 e. The Labute approximate surface area is 132 Å². The molecule has 9 heteroatoms. The summed E-state index contributed by atoms with van der Waals surface area (Å²) in [7, 11) is -3.72. The summed E-state index contributed by atoms with van der Waals surface area (Å²) < 4.78 is 42.5. The molecule has 2 heterocycles. The molecule has 1 atom stereocenters. The molecule has 2 aromatic rings. The summed E-state index contributed by atoms with van der Waals surface area (Å²) in [5, 5.41) is 4.34.